The number of rotatable bonds is 7. The van der Waals surface area contributed by atoms with Crippen molar-refractivity contribution in [3.63, 3.8) is 0 Å². The van der Waals surface area contributed by atoms with Gasteiger partial charge in [-0.3, -0.25) is 4.99 Å². The van der Waals surface area contributed by atoms with Crippen LogP contribution in [0.3, 0.4) is 0 Å². The van der Waals surface area contributed by atoms with Crippen molar-refractivity contribution in [1.82, 2.24) is 5.32 Å². The average molecular weight is 403 g/mol. The van der Waals surface area contributed by atoms with Crippen molar-refractivity contribution in [1.29, 1.82) is 0 Å². The third-order valence-corrected chi connectivity index (χ3v) is 3.05. The topological polar surface area (TPSA) is 142 Å². The summed E-state index contributed by atoms with van der Waals surface area (Å²) in [6, 6.07) is 0.0674. The predicted octanol–water partition coefficient (Wildman–Crippen LogP) is 1.58. The number of nitrogens with one attached hydrogen (secondary N) is 1. The van der Waals surface area contributed by atoms with Gasteiger partial charge in [-0.05, 0) is 55.4 Å². The van der Waals surface area contributed by atoms with Crippen LogP contribution in [0, 0.1) is 0 Å². The van der Waals surface area contributed by atoms with Gasteiger partial charge in [0.25, 0.3) is 0 Å². The molecule has 0 saturated carbocycles. The monoisotopic (exact) mass is 403 g/mol. The van der Waals surface area contributed by atoms with Crippen LogP contribution in [0.15, 0.2) is 15.3 Å². The molecule has 1 unspecified atom stereocenters. The van der Waals surface area contributed by atoms with Crippen LogP contribution in [-0.2, 0) is 16.8 Å². The maximum Gasteiger partial charge on any atom is 2.00 e. The molecule has 0 amide bonds. The van der Waals surface area contributed by atoms with E-state index in [1.54, 1.807) is 20.8 Å². The fourth-order valence-electron chi connectivity index (χ4n) is 1.16. The van der Waals surface area contributed by atoms with Crippen molar-refractivity contribution in [2.75, 3.05) is 13.1 Å². The average Bonchev–Trinajstić information content (AvgIpc) is 2.47. The van der Waals surface area contributed by atoms with Crippen LogP contribution < -0.4 is 16.8 Å². The molecule has 7 N–H and O–H groups in total. The van der Waals surface area contributed by atoms with E-state index in [4.69, 9.17) is 21.9 Å². The van der Waals surface area contributed by atoms with Gasteiger partial charge >= 0.3 is 16.8 Å². The number of hydrogen-bond acceptors (Lipinski definition) is 8. The van der Waals surface area contributed by atoms with Gasteiger partial charge in [0.15, 0.2) is 0 Å². The molecular formula is C16H36CoN6O2+2. The summed E-state index contributed by atoms with van der Waals surface area (Å²) >= 11 is 0. The Morgan fingerprint density at radius 1 is 0.960 bits per heavy atom. The van der Waals surface area contributed by atoms with Crippen molar-refractivity contribution >= 4 is 17.1 Å². The summed E-state index contributed by atoms with van der Waals surface area (Å²) < 4.78 is 0. The first kappa shape index (κ1) is 28.8. The molecule has 1 radical (unpaired) electrons. The largest absolute Gasteiger partial charge is 2.00 e. The first-order chi connectivity index (χ1) is 10.7. The van der Waals surface area contributed by atoms with E-state index in [-0.39, 0.29) is 33.9 Å². The second-order valence-corrected chi connectivity index (χ2v) is 7.41. The summed E-state index contributed by atoms with van der Waals surface area (Å²) in [6.45, 7) is 16.1. The van der Waals surface area contributed by atoms with Gasteiger partial charge in [0.1, 0.15) is 0 Å². The van der Waals surface area contributed by atoms with Crippen molar-refractivity contribution in [2.45, 2.75) is 72.5 Å². The number of nitrogens with zero attached hydrogens (tertiary/aromatic N) is 3. The van der Waals surface area contributed by atoms with Crippen LogP contribution in [0.2, 0.25) is 0 Å². The molecule has 0 aromatic heterocycles. The number of oxime groups is 2. The summed E-state index contributed by atoms with van der Waals surface area (Å²) in [5, 5.41) is 26.2. The quantitative estimate of drug-likeness (QED) is 0.249. The molecule has 149 valence electrons. The third-order valence-electron chi connectivity index (χ3n) is 3.05. The summed E-state index contributed by atoms with van der Waals surface area (Å²) in [7, 11) is 0. The Morgan fingerprint density at radius 2 is 1.44 bits per heavy atom. The van der Waals surface area contributed by atoms with Gasteiger partial charge in [-0.1, -0.05) is 10.3 Å². The predicted molar refractivity (Wildman–Crippen MR) is 102 cm³/mol. The fraction of sp³-hybridized carbons (Fsp3) is 0.812. The summed E-state index contributed by atoms with van der Waals surface area (Å²) in [5.74, 6) is 0. The molecule has 0 aliphatic heterocycles. The van der Waals surface area contributed by atoms with Crippen LogP contribution in [0.5, 0.6) is 0 Å². The zero-order valence-electron chi connectivity index (χ0n) is 16.7. The van der Waals surface area contributed by atoms with Crippen LogP contribution >= 0.6 is 0 Å². The molecule has 8 nitrogen and oxygen atoms in total. The summed E-state index contributed by atoms with van der Waals surface area (Å²) in [5.41, 5.74) is 12.8. The summed E-state index contributed by atoms with van der Waals surface area (Å²) in [4.78, 5) is 4.17. The summed E-state index contributed by atoms with van der Waals surface area (Å²) in [6.07, 6.45) is 0. The molecule has 0 heterocycles. The molecule has 1 atom stereocenters. The van der Waals surface area contributed by atoms with Crippen LogP contribution in [0.4, 0.5) is 0 Å². The molecule has 0 aromatic rings. The Balaban J connectivity index is -0.000000372. The molecule has 0 aliphatic rings. The molecule has 0 rings (SSSR count). The fourth-order valence-corrected chi connectivity index (χ4v) is 1.16. The third kappa shape index (κ3) is 19.2. The van der Waals surface area contributed by atoms with Crippen molar-refractivity contribution in [3.05, 3.63) is 0 Å². The second-order valence-electron chi connectivity index (χ2n) is 7.41. The number of nitrogens with two attached hydrogens (primary N) is 2. The molecule has 9 heteroatoms. The maximum absolute atomic E-state index is 8.45. The van der Waals surface area contributed by atoms with Gasteiger partial charge in [0, 0.05) is 23.7 Å². The molecule has 0 aromatic carbocycles. The van der Waals surface area contributed by atoms with E-state index >= 15 is 0 Å². The van der Waals surface area contributed by atoms with Crippen molar-refractivity contribution in [2.24, 2.45) is 26.8 Å². The van der Waals surface area contributed by atoms with Gasteiger partial charge in [0.2, 0.25) is 0 Å². The SMILES string of the molecule is CC(=NO)C(C)=NCC(C)(C)N.CC(=NO)C(C)NCC(C)(C)N.[Co+2]. The van der Waals surface area contributed by atoms with E-state index in [2.05, 4.69) is 20.6 Å². The van der Waals surface area contributed by atoms with Crippen LogP contribution in [0.1, 0.15) is 55.4 Å². The molecule has 0 fully saturated rings. The van der Waals surface area contributed by atoms with Gasteiger partial charge in [-0.2, -0.15) is 0 Å². The molecular weight excluding hydrogens is 367 g/mol. The zero-order chi connectivity index (χ0) is 19.6. The van der Waals surface area contributed by atoms with Gasteiger partial charge in [0.05, 0.1) is 23.7 Å². The number of hydrogen-bond donors (Lipinski definition) is 5. The Hall–Kier alpha value is -1.00. The van der Waals surface area contributed by atoms with Crippen molar-refractivity contribution < 1.29 is 27.2 Å². The van der Waals surface area contributed by atoms with Crippen LogP contribution in [0.25, 0.3) is 0 Å². The van der Waals surface area contributed by atoms with E-state index in [9.17, 15) is 0 Å². The van der Waals surface area contributed by atoms with E-state index < -0.39 is 0 Å². The Morgan fingerprint density at radius 3 is 1.76 bits per heavy atom. The van der Waals surface area contributed by atoms with E-state index in [0.29, 0.717) is 24.5 Å². The first-order valence-electron chi connectivity index (χ1n) is 7.93. The molecule has 0 aliphatic carbocycles. The zero-order valence-corrected chi connectivity index (χ0v) is 17.8. The van der Waals surface area contributed by atoms with Crippen molar-refractivity contribution in [3.8, 4) is 0 Å². The van der Waals surface area contributed by atoms with E-state index in [1.807, 2.05) is 34.6 Å². The molecule has 0 saturated heterocycles. The van der Waals surface area contributed by atoms with Gasteiger partial charge in [-0.25, -0.2) is 0 Å². The second kappa shape index (κ2) is 13.2. The normalized spacial score (nSPS) is 15.0. The minimum Gasteiger partial charge on any atom is -0.411 e. The Bertz CT molecular complexity index is 451. The standard InChI is InChI=1S/C8H19N3O.C8H17N3O.Co/c2*1-6(7(2)11-12)10-5-8(3,4)9;/h6,10,12H,5,9H2,1-4H3;12H,5,9H2,1-4H3;/q;;+2. The molecule has 0 bridgehead atoms. The Kier molecular flexibility index (Phi) is 15.2. The first-order valence-corrected chi connectivity index (χ1v) is 7.93. The maximum atomic E-state index is 8.45. The van der Waals surface area contributed by atoms with E-state index in [0.717, 1.165) is 5.71 Å². The smallest absolute Gasteiger partial charge is 0.411 e. The van der Waals surface area contributed by atoms with Crippen LogP contribution in [-0.4, -0.2) is 57.8 Å². The van der Waals surface area contributed by atoms with Gasteiger partial charge < -0.3 is 27.2 Å². The minimum atomic E-state index is -0.309. The van der Waals surface area contributed by atoms with Gasteiger partial charge in [-0.15, -0.1) is 0 Å². The minimum absolute atomic E-state index is 0. The number of aliphatic imine (C=N–C) groups is 1. The Labute approximate surface area is 162 Å². The van der Waals surface area contributed by atoms with E-state index in [1.165, 1.54) is 0 Å². The molecule has 0 spiro atoms. The molecule has 25 heavy (non-hydrogen) atoms.